The number of amidine groups is 1. The van der Waals surface area contributed by atoms with Gasteiger partial charge in [0, 0.05) is 5.25 Å². The zero-order valence-corrected chi connectivity index (χ0v) is 10.7. The van der Waals surface area contributed by atoms with Gasteiger partial charge in [-0.15, -0.1) is 0 Å². The van der Waals surface area contributed by atoms with E-state index < -0.39 is 0 Å². The maximum atomic E-state index is 11.8. The Labute approximate surface area is 106 Å². The molecule has 0 saturated heterocycles. The average Bonchev–Trinajstić information content (AvgIpc) is 2.78. The smallest absolute Gasteiger partial charge is 0.230 e. The fourth-order valence-electron chi connectivity index (χ4n) is 1.64. The third-order valence-corrected chi connectivity index (χ3v) is 3.90. The largest absolute Gasteiger partial charge is 0.305 e. The van der Waals surface area contributed by atoms with Gasteiger partial charge in [0.05, 0.1) is 13.0 Å². The molecule has 1 aliphatic rings. The van der Waals surface area contributed by atoms with Crippen molar-refractivity contribution in [2.24, 2.45) is 4.99 Å². The molecule has 4 heteroatoms. The van der Waals surface area contributed by atoms with Crippen LogP contribution in [-0.4, -0.2) is 22.9 Å². The Balaban J connectivity index is 1.83. The molecule has 0 aromatic heterocycles. The summed E-state index contributed by atoms with van der Waals surface area (Å²) in [5.41, 5.74) is 1.03. The molecule has 1 amide bonds. The minimum atomic E-state index is 0.0132. The standard InChI is InChI=1S/C13H16N2OS/c1-2-11-9-14-13(17-11)15-12(16)8-10-6-4-3-5-7-10/h3-7,11H,2,8-9H2,1H3,(H,14,15,16). The predicted octanol–water partition coefficient (Wildman–Crippen LogP) is 2.23. The van der Waals surface area contributed by atoms with Gasteiger partial charge in [0.1, 0.15) is 0 Å². The highest BCUT2D eigenvalue weighted by molar-refractivity contribution is 8.14. The number of carbonyl (C=O) groups is 1. The molecule has 1 aromatic rings. The summed E-state index contributed by atoms with van der Waals surface area (Å²) in [5, 5.41) is 4.17. The second kappa shape index (κ2) is 5.87. The van der Waals surface area contributed by atoms with Gasteiger partial charge in [-0.3, -0.25) is 9.79 Å². The molecule has 0 saturated carbocycles. The zero-order chi connectivity index (χ0) is 12.1. The Bertz CT molecular complexity index is 417. The molecular formula is C13H16N2OS. The topological polar surface area (TPSA) is 41.5 Å². The Hall–Kier alpha value is -1.29. The van der Waals surface area contributed by atoms with E-state index in [0.29, 0.717) is 11.7 Å². The fourth-order valence-corrected chi connectivity index (χ4v) is 2.60. The lowest BCUT2D eigenvalue weighted by Crippen LogP contribution is -2.29. The van der Waals surface area contributed by atoms with Crippen molar-refractivity contribution in [1.82, 2.24) is 5.32 Å². The van der Waals surface area contributed by atoms with E-state index in [1.807, 2.05) is 30.3 Å². The van der Waals surface area contributed by atoms with Gasteiger partial charge >= 0.3 is 0 Å². The highest BCUT2D eigenvalue weighted by Crippen LogP contribution is 2.21. The summed E-state index contributed by atoms with van der Waals surface area (Å²) in [5.74, 6) is 0.0132. The predicted molar refractivity (Wildman–Crippen MR) is 72.3 cm³/mol. The van der Waals surface area contributed by atoms with Crippen LogP contribution in [0.5, 0.6) is 0 Å². The quantitative estimate of drug-likeness (QED) is 0.891. The van der Waals surface area contributed by atoms with Gasteiger partial charge in [-0.1, -0.05) is 49.0 Å². The van der Waals surface area contributed by atoms with Gasteiger partial charge in [-0.2, -0.15) is 0 Å². The maximum Gasteiger partial charge on any atom is 0.230 e. The first kappa shape index (κ1) is 12.2. The van der Waals surface area contributed by atoms with Gasteiger partial charge < -0.3 is 5.32 Å². The molecule has 1 heterocycles. The lowest BCUT2D eigenvalue weighted by Gasteiger charge is -2.05. The van der Waals surface area contributed by atoms with Crippen LogP contribution in [0.4, 0.5) is 0 Å². The van der Waals surface area contributed by atoms with Crippen LogP contribution in [0.2, 0.25) is 0 Å². The molecule has 0 radical (unpaired) electrons. The first-order valence-electron chi connectivity index (χ1n) is 5.83. The number of thioether (sulfide) groups is 1. The van der Waals surface area contributed by atoms with E-state index in [2.05, 4.69) is 17.2 Å². The average molecular weight is 248 g/mol. The van der Waals surface area contributed by atoms with Crippen LogP contribution >= 0.6 is 11.8 Å². The van der Waals surface area contributed by atoms with Crippen molar-refractivity contribution >= 4 is 22.8 Å². The number of benzene rings is 1. The number of amides is 1. The normalized spacial score (nSPS) is 18.9. The SMILES string of the molecule is CCC1CN=C(NC(=O)Cc2ccccc2)S1. The first-order chi connectivity index (χ1) is 8.28. The summed E-state index contributed by atoms with van der Waals surface area (Å²) < 4.78 is 0. The van der Waals surface area contributed by atoms with Crippen LogP contribution in [0, 0.1) is 0 Å². The first-order valence-corrected chi connectivity index (χ1v) is 6.70. The number of carbonyl (C=O) groups excluding carboxylic acids is 1. The van der Waals surface area contributed by atoms with E-state index in [0.717, 1.165) is 23.7 Å². The minimum Gasteiger partial charge on any atom is -0.305 e. The van der Waals surface area contributed by atoms with Gasteiger partial charge in [0.15, 0.2) is 5.17 Å². The van der Waals surface area contributed by atoms with Crippen LogP contribution in [0.25, 0.3) is 0 Å². The van der Waals surface area contributed by atoms with Crippen molar-refractivity contribution in [1.29, 1.82) is 0 Å². The molecule has 17 heavy (non-hydrogen) atoms. The van der Waals surface area contributed by atoms with E-state index in [1.165, 1.54) is 0 Å². The van der Waals surface area contributed by atoms with Crippen LogP contribution in [0.15, 0.2) is 35.3 Å². The van der Waals surface area contributed by atoms with E-state index in [4.69, 9.17) is 0 Å². The summed E-state index contributed by atoms with van der Waals surface area (Å²) in [6.07, 6.45) is 1.50. The number of aliphatic imine (C=N–C) groups is 1. The van der Waals surface area contributed by atoms with Crippen LogP contribution < -0.4 is 5.32 Å². The lowest BCUT2D eigenvalue weighted by atomic mass is 10.1. The highest BCUT2D eigenvalue weighted by atomic mass is 32.2. The minimum absolute atomic E-state index is 0.0132. The Morgan fingerprint density at radius 3 is 2.88 bits per heavy atom. The van der Waals surface area contributed by atoms with Crippen molar-refractivity contribution in [2.45, 2.75) is 25.0 Å². The summed E-state index contributed by atoms with van der Waals surface area (Å²) in [7, 11) is 0. The molecule has 2 rings (SSSR count). The molecule has 1 aliphatic heterocycles. The van der Waals surface area contributed by atoms with Gasteiger partial charge in [0.25, 0.3) is 0 Å². The zero-order valence-electron chi connectivity index (χ0n) is 9.85. The van der Waals surface area contributed by atoms with Crippen LogP contribution in [0.1, 0.15) is 18.9 Å². The highest BCUT2D eigenvalue weighted by Gasteiger charge is 2.19. The van der Waals surface area contributed by atoms with Crippen molar-refractivity contribution in [2.75, 3.05) is 6.54 Å². The van der Waals surface area contributed by atoms with Gasteiger partial charge in [-0.25, -0.2) is 0 Å². The number of rotatable bonds is 3. The third kappa shape index (κ3) is 3.60. The Kier molecular flexibility index (Phi) is 4.20. The van der Waals surface area contributed by atoms with E-state index in [-0.39, 0.29) is 5.91 Å². The monoisotopic (exact) mass is 248 g/mol. The summed E-state index contributed by atoms with van der Waals surface area (Å²) in [6.45, 7) is 2.96. The lowest BCUT2D eigenvalue weighted by molar-refractivity contribution is -0.119. The van der Waals surface area contributed by atoms with Gasteiger partial charge in [-0.05, 0) is 12.0 Å². The molecule has 0 bridgehead atoms. The number of hydrogen-bond acceptors (Lipinski definition) is 3. The molecule has 1 aromatic carbocycles. The molecule has 1 atom stereocenters. The van der Waals surface area contributed by atoms with Crippen molar-refractivity contribution in [3.05, 3.63) is 35.9 Å². The van der Waals surface area contributed by atoms with E-state index >= 15 is 0 Å². The van der Waals surface area contributed by atoms with Crippen LogP contribution in [-0.2, 0) is 11.2 Å². The summed E-state index contributed by atoms with van der Waals surface area (Å²) in [4.78, 5) is 16.1. The third-order valence-electron chi connectivity index (χ3n) is 2.63. The number of nitrogens with zero attached hydrogens (tertiary/aromatic N) is 1. The summed E-state index contributed by atoms with van der Waals surface area (Å²) in [6, 6.07) is 9.75. The molecule has 1 N–H and O–H groups in total. The second-order valence-electron chi connectivity index (χ2n) is 4.00. The number of hydrogen-bond donors (Lipinski definition) is 1. The molecule has 90 valence electrons. The Morgan fingerprint density at radius 2 is 2.24 bits per heavy atom. The van der Waals surface area contributed by atoms with Crippen molar-refractivity contribution in [3.8, 4) is 0 Å². The Morgan fingerprint density at radius 1 is 1.47 bits per heavy atom. The summed E-state index contributed by atoms with van der Waals surface area (Å²) >= 11 is 1.67. The number of nitrogens with one attached hydrogen (secondary N) is 1. The van der Waals surface area contributed by atoms with Gasteiger partial charge in [0.2, 0.25) is 5.91 Å². The van der Waals surface area contributed by atoms with E-state index in [9.17, 15) is 4.79 Å². The van der Waals surface area contributed by atoms with Crippen LogP contribution in [0.3, 0.4) is 0 Å². The maximum absolute atomic E-state index is 11.8. The molecule has 0 spiro atoms. The molecule has 0 fully saturated rings. The molecule has 3 nitrogen and oxygen atoms in total. The van der Waals surface area contributed by atoms with Crippen molar-refractivity contribution in [3.63, 3.8) is 0 Å². The molecule has 1 unspecified atom stereocenters. The van der Waals surface area contributed by atoms with Crippen molar-refractivity contribution < 1.29 is 4.79 Å². The fraction of sp³-hybridized carbons (Fsp3) is 0.385. The second-order valence-corrected chi connectivity index (χ2v) is 5.29. The molecule has 0 aliphatic carbocycles. The van der Waals surface area contributed by atoms with E-state index in [1.54, 1.807) is 11.8 Å². The molecular weight excluding hydrogens is 232 g/mol.